The van der Waals surface area contributed by atoms with Crippen molar-refractivity contribution in [3.05, 3.63) is 33.8 Å². The maximum atomic E-state index is 12.4. The zero-order chi connectivity index (χ0) is 18.6. The van der Waals surface area contributed by atoms with E-state index in [-0.39, 0.29) is 12.1 Å². The topological polar surface area (TPSA) is 64.3 Å². The summed E-state index contributed by atoms with van der Waals surface area (Å²) >= 11 is 6.44. The lowest BCUT2D eigenvalue weighted by Crippen LogP contribution is -2.28. The molecule has 4 nitrogen and oxygen atoms in total. The lowest BCUT2D eigenvalue weighted by Gasteiger charge is -2.30. The first kappa shape index (κ1) is 20.2. The van der Waals surface area contributed by atoms with E-state index in [2.05, 4.69) is 5.32 Å². The van der Waals surface area contributed by atoms with Crippen LogP contribution in [0, 0.1) is 5.41 Å². The molecule has 1 aliphatic heterocycles. The SMILES string of the molecule is CCC(OC(=O)C(C)(C)C)c1cc(CN)c(Cl)cc1C1CCNCC1. The average molecular weight is 367 g/mol. The van der Waals surface area contributed by atoms with E-state index in [0.717, 1.165) is 43.5 Å². The fourth-order valence-corrected chi connectivity index (χ4v) is 3.50. The lowest BCUT2D eigenvalue weighted by atomic mass is 9.84. The highest BCUT2D eigenvalue weighted by atomic mass is 35.5. The second-order valence-electron chi connectivity index (χ2n) is 7.85. The van der Waals surface area contributed by atoms with Crippen LogP contribution >= 0.6 is 11.6 Å². The van der Waals surface area contributed by atoms with Gasteiger partial charge in [0.25, 0.3) is 0 Å². The highest BCUT2D eigenvalue weighted by molar-refractivity contribution is 6.31. The molecule has 5 heteroatoms. The molecule has 0 amide bonds. The van der Waals surface area contributed by atoms with Crippen LogP contribution in [0.5, 0.6) is 0 Å². The van der Waals surface area contributed by atoms with Crippen molar-refractivity contribution in [2.24, 2.45) is 11.1 Å². The number of carbonyl (C=O) groups is 1. The monoisotopic (exact) mass is 366 g/mol. The Labute approximate surface area is 156 Å². The van der Waals surface area contributed by atoms with Crippen molar-refractivity contribution in [3.63, 3.8) is 0 Å². The summed E-state index contributed by atoms with van der Waals surface area (Å²) in [5.74, 6) is 0.253. The van der Waals surface area contributed by atoms with Crippen LogP contribution < -0.4 is 11.1 Å². The Morgan fingerprint density at radius 1 is 1.36 bits per heavy atom. The molecule has 0 spiro atoms. The van der Waals surface area contributed by atoms with Crippen molar-refractivity contribution in [2.75, 3.05) is 13.1 Å². The van der Waals surface area contributed by atoms with Crippen LogP contribution in [-0.2, 0) is 16.1 Å². The molecule has 3 N–H and O–H groups in total. The summed E-state index contributed by atoms with van der Waals surface area (Å²) in [6.45, 7) is 10.1. The summed E-state index contributed by atoms with van der Waals surface area (Å²) in [5, 5.41) is 4.10. The molecule has 0 aromatic heterocycles. The number of benzene rings is 1. The first-order chi connectivity index (χ1) is 11.8. The lowest BCUT2D eigenvalue weighted by molar-refractivity contribution is -0.159. The van der Waals surface area contributed by atoms with E-state index in [1.807, 2.05) is 39.8 Å². The smallest absolute Gasteiger partial charge is 0.311 e. The van der Waals surface area contributed by atoms with Crippen LogP contribution in [0.3, 0.4) is 0 Å². The number of rotatable bonds is 5. The molecule has 0 radical (unpaired) electrons. The standard InChI is InChI=1S/C20H31ClN2O2/c1-5-18(25-19(24)20(2,3)4)16-10-14(12-22)17(21)11-15(16)13-6-8-23-9-7-13/h10-11,13,18,23H,5-9,12,22H2,1-4H3. The highest BCUT2D eigenvalue weighted by Crippen LogP contribution is 2.38. The number of nitrogens with one attached hydrogen (secondary N) is 1. The largest absolute Gasteiger partial charge is 0.457 e. The maximum absolute atomic E-state index is 12.4. The summed E-state index contributed by atoms with van der Waals surface area (Å²) in [4.78, 5) is 12.4. The van der Waals surface area contributed by atoms with Gasteiger partial charge < -0.3 is 15.8 Å². The van der Waals surface area contributed by atoms with E-state index >= 15 is 0 Å². The van der Waals surface area contributed by atoms with E-state index in [0.29, 0.717) is 17.5 Å². The first-order valence-corrected chi connectivity index (χ1v) is 9.59. The second-order valence-corrected chi connectivity index (χ2v) is 8.26. The maximum Gasteiger partial charge on any atom is 0.311 e. The molecule has 1 unspecified atom stereocenters. The molecule has 1 aromatic carbocycles. The van der Waals surface area contributed by atoms with Gasteiger partial charge in [-0.25, -0.2) is 0 Å². The number of ether oxygens (including phenoxy) is 1. The molecule has 1 heterocycles. The molecule has 1 fully saturated rings. The highest BCUT2D eigenvalue weighted by Gasteiger charge is 2.29. The van der Waals surface area contributed by atoms with E-state index in [4.69, 9.17) is 22.1 Å². The number of hydrogen-bond acceptors (Lipinski definition) is 4. The Morgan fingerprint density at radius 3 is 2.52 bits per heavy atom. The molecule has 1 aromatic rings. The third-order valence-electron chi connectivity index (χ3n) is 4.83. The molecule has 1 saturated heterocycles. The van der Waals surface area contributed by atoms with Gasteiger partial charge in [-0.15, -0.1) is 0 Å². The minimum absolute atomic E-state index is 0.181. The normalized spacial score (nSPS) is 17.4. The number of esters is 1. The Bertz CT molecular complexity index is 604. The predicted molar refractivity (Wildman–Crippen MR) is 103 cm³/mol. The van der Waals surface area contributed by atoms with Crippen molar-refractivity contribution >= 4 is 17.6 Å². The summed E-state index contributed by atoms with van der Waals surface area (Å²) in [7, 11) is 0. The summed E-state index contributed by atoms with van der Waals surface area (Å²) in [5.41, 5.74) is 8.51. The predicted octanol–water partition coefficient (Wildman–Crippen LogP) is 4.31. The van der Waals surface area contributed by atoms with Gasteiger partial charge in [0, 0.05) is 11.6 Å². The Kier molecular flexibility index (Phi) is 6.89. The number of piperidine rings is 1. The van der Waals surface area contributed by atoms with Gasteiger partial charge in [0.15, 0.2) is 0 Å². The molecular weight excluding hydrogens is 336 g/mol. The van der Waals surface area contributed by atoms with E-state index in [1.165, 1.54) is 5.56 Å². The van der Waals surface area contributed by atoms with Gasteiger partial charge in [-0.3, -0.25) is 4.79 Å². The Hall–Kier alpha value is -1.10. The van der Waals surface area contributed by atoms with E-state index in [9.17, 15) is 4.79 Å². The Morgan fingerprint density at radius 2 is 2.00 bits per heavy atom. The van der Waals surface area contributed by atoms with Crippen molar-refractivity contribution < 1.29 is 9.53 Å². The van der Waals surface area contributed by atoms with Gasteiger partial charge in [-0.2, -0.15) is 0 Å². The number of carbonyl (C=O) groups excluding carboxylic acids is 1. The number of nitrogens with two attached hydrogens (primary N) is 1. The quantitative estimate of drug-likeness (QED) is 0.762. The van der Waals surface area contributed by atoms with Crippen LogP contribution in [0.4, 0.5) is 0 Å². The van der Waals surface area contributed by atoms with Gasteiger partial charge in [0.05, 0.1) is 5.41 Å². The first-order valence-electron chi connectivity index (χ1n) is 9.22. The zero-order valence-electron chi connectivity index (χ0n) is 15.8. The molecular formula is C20H31ClN2O2. The van der Waals surface area contributed by atoms with E-state index in [1.54, 1.807) is 0 Å². The zero-order valence-corrected chi connectivity index (χ0v) is 16.6. The molecule has 1 atom stereocenters. The molecule has 0 saturated carbocycles. The molecule has 0 aliphatic carbocycles. The minimum atomic E-state index is -0.522. The summed E-state index contributed by atoms with van der Waals surface area (Å²) in [6.07, 6.45) is 2.59. The molecule has 25 heavy (non-hydrogen) atoms. The van der Waals surface area contributed by atoms with Gasteiger partial charge in [0.1, 0.15) is 6.10 Å². The second kappa shape index (κ2) is 8.52. The van der Waals surface area contributed by atoms with Crippen molar-refractivity contribution in [2.45, 2.75) is 65.5 Å². The van der Waals surface area contributed by atoms with Crippen molar-refractivity contribution in [3.8, 4) is 0 Å². The molecule has 0 bridgehead atoms. The van der Waals surface area contributed by atoms with Gasteiger partial charge in [-0.1, -0.05) is 18.5 Å². The average Bonchev–Trinajstić information content (AvgIpc) is 2.59. The minimum Gasteiger partial charge on any atom is -0.457 e. The fraction of sp³-hybridized carbons (Fsp3) is 0.650. The van der Waals surface area contributed by atoms with Crippen molar-refractivity contribution in [1.29, 1.82) is 0 Å². The van der Waals surface area contributed by atoms with Crippen molar-refractivity contribution in [1.82, 2.24) is 5.32 Å². The van der Waals surface area contributed by atoms with Crippen LogP contribution in [0.2, 0.25) is 5.02 Å². The number of halogens is 1. The van der Waals surface area contributed by atoms with Crippen LogP contribution in [0.1, 0.15) is 75.7 Å². The van der Waals surface area contributed by atoms with Crippen LogP contribution in [-0.4, -0.2) is 19.1 Å². The van der Waals surface area contributed by atoms with Crippen LogP contribution in [0.15, 0.2) is 12.1 Å². The summed E-state index contributed by atoms with van der Waals surface area (Å²) in [6, 6.07) is 4.09. The van der Waals surface area contributed by atoms with Gasteiger partial charge in [-0.05, 0) is 87.9 Å². The summed E-state index contributed by atoms with van der Waals surface area (Å²) < 4.78 is 5.88. The van der Waals surface area contributed by atoms with Gasteiger partial charge in [0.2, 0.25) is 0 Å². The third kappa shape index (κ3) is 4.96. The molecule has 1 aliphatic rings. The number of hydrogen-bond donors (Lipinski definition) is 2. The van der Waals surface area contributed by atoms with E-state index < -0.39 is 5.41 Å². The third-order valence-corrected chi connectivity index (χ3v) is 5.18. The Balaban J connectivity index is 2.42. The molecule has 140 valence electrons. The van der Waals surface area contributed by atoms with Gasteiger partial charge >= 0.3 is 5.97 Å². The molecule has 2 rings (SSSR count). The van der Waals surface area contributed by atoms with Crippen LogP contribution in [0.25, 0.3) is 0 Å². The fourth-order valence-electron chi connectivity index (χ4n) is 3.25.